The molecule has 0 aromatic carbocycles. The number of nitriles is 2. The van der Waals surface area contributed by atoms with Crippen molar-refractivity contribution in [1.82, 2.24) is 19.5 Å². The van der Waals surface area contributed by atoms with Gasteiger partial charge in [-0.25, -0.2) is 15.0 Å². The molecule has 2 aromatic heterocycles. The summed E-state index contributed by atoms with van der Waals surface area (Å²) in [5.74, 6) is 0. The van der Waals surface area contributed by atoms with E-state index in [1.54, 1.807) is 30.1 Å². The maximum Gasteiger partial charge on any atom is 0.163 e. The van der Waals surface area contributed by atoms with Gasteiger partial charge >= 0.3 is 0 Å². The van der Waals surface area contributed by atoms with Crippen molar-refractivity contribution < 1.29 is 0 Å². The van der Waals surface area contributed by atoms with Crippen molar-refractivity contribution in [2.24, 2.45) is 12.8 Å². The van der Waals surface area contributed by atoms with E-state index in [-0.39, 0.29) is 11.3 Å². The van der Waals surface area contributed by atoms with Crippen LogP contribution in [0, 0.1) is 22.7 Å². The Morgan fingerprint density at radius 3 is 2.65 bits per heavy atom. The van der Waals surface area contributed by atoms with Crippen LogP contribution in [0.25, 0.3) is 16.9 Å². The van der Waals surface area contributed by atoms with E-state index in [9.17, 15) is 0 Å². The SMILES string of the molecule is Cn1cnc2c(C(N)=C(C#N)C#N)ncnc21. The van der Waals surface area contributed by atoms with E-state index in [1.165, 1.54) is 6.33 Å². The Morgan fingerprint density at radius 2 is 2.00 bits per heavy atom. The molecular weight excluding hydrogens is 218 g/mol. The largest absolute Gasteiger partial charge is 0.395 e. The zero-order valence-electron chi connectivity index (χ0n) is 8.92. The molecule has 17 heavy (non-hydrogen) atoms. The molecule has 0 radical (unpaired) electrons. The van der Waals surface area contributed by atoms with Crippen LogP contribution in [0.2, 0.25) is 0 Å². The predicted octanol–water partition coefficient (Wildman–Crippen LogP) is 0.0803. The van der Waals surface area contributed by atoms with Gasteiger partial charge in [0.25, 0.3) is 0 Å². The third-order valence-electron chi connectivity index (χ3n) is 2.25. The monoisotopic (exact) mass is 225 g/mol. The van der Waals surface area contributed by atoms with Crippen LogP contribution >= 0.6 is 0 Å². The van der Waals surface area contributed by atoms with Crippen molar-refractivity contribution in [2.75, 3.05) is 0 Å². The van der Waals surface area contributed by atoms with Crippen LogP contribution in [0.4, 0.5) is 0 Å². The molecule has 0 saturated heterocycles. The van der Waals surface area contributed by atoms with Crippen LogP contribution in [-0.2, 0) is 7.05 Å². The highest BCUT2D eigenvalue weighted by molar-refractivity contribution is 5.86. The van der Waals surface area contributed by atoms with E-state index < -0.39 is 0 Å². The molecule has 0 bridgehead atoms. The fraction of sp³-hybridized carbons (Fsp3) is 0.100. The number of hydrogen-bond donors (Lipinski definition) is 1. The topological polar surface area (TPSA) is 117 Å². The number of rotatable bonds is 1. The highest BCUT2D eigenvalue weighted by Gasteiger charge is 2.13. The minimum absolute atomic E-state index is 0.0149. The van der Waals surface area contributed by atoms with Crippen molar-refractivity contribution in [1.29, 1.82) is 10.5 Å². The number of imidazole rings is 1. The van der Waals surface area contributed by atoms with Crippen LogP contribution in [0.1, 0.15) is 5.69 Å². The zero-order valence-corrected chi connectivity index (χ0v) is 8.92. The highest BCUT2D eigenvalue weighted by atomic mass is 15.1. The Bertz CT molecular complexity index is 679. The van der Waals surface area contributed by atoms with Crippen LogP contribution < -0.4 is 5.73 Å². The van der Waals surface area contributed by atoms with E-state index in [2.05, 4.69) is 15.0 Å². The number of nitrogens with zero attached hydrogens (tertiary/aromatic N) is 6. The Kier molecular flexibility index (Phi) is 2.43. The summed E-state index contributed by atoms with van der Waals surface area (Å²) in [6.45, 7) is 0. The lowest BCUT2D eigenvalue weighted by atomic mass is 10.2. The molecule has 0 saturated carbocycles. The fourth-order valence-corrected chi connectivity index (χ4v) is 1.41. The molecule has 0 amide bonds. The van der Waals surface area contributed by atoms with Crippen molar-refractivity contribution in [3.05, 3.63) is 23.9 Å². The molecule has 82 valence electrons. The standard InChI is InChI=1S/C10H7N7/c1-17-5-16-9-8(14-4-15-10(9)17)7(13)6(2-11)3-12/h4-5H,13H2,1H3. The first-order valence-electron chi connectivity index (χ1n) is 4.61. The predicted molar refractivity (Wildman–Crippen MR) is 58.6 cm³/mol. The summed E-state index contributed by atoms with van der Waals surface area (Å²) in [6, 6.07) is 3.44. The van der Waals surface area contributed by atoms with Crippen LogP contribution in [0.5, 0.6) is 0 Å². The lowest BCUT2D eigenvalue weighted by Gasteiger charge is -2.01. The molecule has 7 nitrogen and oxygen atoms in total. The van der Waals surface area contributed by atoms with Gasteiger partial charge < -0.3 is 10.3 Å². The Hall–Kier alpha value is -2.93. The van der Waals surface area contributed by atoms with Crippen molar-refractivity contribution in [3.8, 4) is 12.1 Å². The van der Waals surface area contributed by atoms with E-state index in [0.29, 0.717) is 16.9 Å². The number of hydrogen-bond acceptors (Lipinski definition) is 6. The first-order valence-corrected chi connectivity index (χ1v) is 4.61. The number of nitrogens with two attached hydrogens (primary N) is 1. The average molecular weight is 225 g/mol. The maximum absolute atomic E-state index is 8.76. The van der Waals surface area contributed by atoms with E-state index in [1.807, 2.05) is 0 Å². The van der Waals surface area contributed by atoms with Gasteiger partial charge in [0.05, 0.1) is 12.0 Å². The molecule has 7 heteroatoms. The Labute approximate surface area is 96.5 Å². The molecule has 0 aliphatic carbocycles. The van der Waals surface area contributed by atoms with Crippen LogP contribution in [0.15, 0.2) is 18.2 Å². The first-order chi connectivity index (χ1) is 8.19. The minimum Gasteiger partial charge on any atom is -0.395 e. The van der Waals surface area contributed by atoms with Gasteiger partial charge in [0.15, 0.2) is 11.2 Å². The molecule has 2 rings (SSSR count). The molecule has 0 fully saturated rings. The smallest absolute Gasteiger partial charge is 0.163 e. The molecule has 2 heterocycles. The summed E-state index contributed by atoms with van der Waals surface area (Å²) in [5, 5.41) is 17.5. The molecule has 2 N–H and O–H groups in total. The molecule has 0 spiro atoms. The number of aromatic nitrogens is 4. The first kappa shape index (κ1) is 10.6. The number of allylic oxidation sites excluding steroid dienone is 1. The average Bonchev–Trinajstić information content (AvgIpc) is 2.73. The van der Waals surface area contributed by atoms with Crippen molar-refractivity contribution in [3.63, 3.8) is 0 Å². The van der Waals surface area contributed by atoms with Crippen LogP contribution in [-0.4, -0.2) is 19.5 Å². The summed E-state index contributed by atoms with van der Waals surface area (Å²) in [5.41, 5.74) is 6.92. The van der Waals surface area contributed by atoms with Gasteiger partial charge in [-0.3, -0.25) is 0 Å². The van der Waals surface area contributed by atoms with Gasteiger partial charge in [0.2, 0.25) is 0 Å². The van der Waals surface area contributed by atoms with Crippen molar-refractivity contribution >= 4 is 16.9 Å². The summed E-state index contributed by atoms with van der Waals surface area (Å²) in [4.78, 5) is 12.1. The van der Waals surface area contributed by atoms with Gasteiger partial charge in [-0.15, -0.1) is 0 Å². The van der Waals surface area contributed by atoms with Gasteiger partial charge in [-0.2, -0.15) is 10.5 Å². The Balaban J connectivity index is 2.78. The molecule has 0 aliphatic heterocycles. The Morgan fingerprint density at radius 1 is 1.29 bits per heavy atom. The van der Waals surface area contributed by atoms with Gasteiger partial charge in [0, 0.05) is 7.05 Å². The normalized spacial score (nSPS) is 9.59. The lowest BCUT2D eigenvalue weighted by Crippen LogP contribution is -2.04. The van der Waals surface area contributed by atoms with E-state index in [0.717, 1.165) is 0 Å². The lowest BCUT2D eigenvalue weighted by molar-refractivity contribution is 0.927. The van der Waals surface area contributed by atoms with E-state index in [4.69, 9.17) is 16.3 Å². The van der Waals surface area contributed by atoms with Crippen molar-refractivity contribution in [2.45, 2.75) is 0 Å². The third-order valence-corrected chi connectivity index (χ3v) is 2.25. The summed E-state index contributed by atoms with van der Waals surface area (Å²) < 4.78 is 1.70. The van der Waals surface area contributed by atoms with Gasteiger partial charge in [-0.05, 0) is 0 Å². The summed E-state index contributed by atoms with van der Waals surface area (Å²) in [7, 11) is 1.78. The number of fused-ring (bicyclic) bond motifs is 1. The maximum atomic E-state index is 8.76. The molecule has 0 aliphatic rings. The molecular formula is C10H7N7. The summed E-state index contributed by atoms with van der Waals surface area (Å²) >= 11 is 0. The molecule has 0 atom stereocenters. The summed E-state index contributed by atoms with van der Waals surface area (Å²) in [6.07, 6.45) is 2.88. The second-order valence-electron chi connectivity index (χ2n) is 3.26. The molecule has 2 aromatic rings. The third kappa shape index (κ3) is 1.56. The van der Waals surface area contributed by atoms with Crippen LogP contribution in [0.3, 0.4) is 0 Å². The second kappa shape index (κ2) is 3.91. The van der Waals surface area contributed by atoms with Gasteiger partial charge in [-0.1, -0.05) is 0 Å². The van der Waals surface area contributed by atoms with E-state index >= 15 is 0 Å². The second-order valence-corrected chi connectivity index (χ2v) is 3.26. The highest BCUT2D eigenvalue weighted by Crippen LogP contribution is 2.18. The number of aryl methyl sites for hydroxylation is 1. The minimum atomic E-state index is -0.185. The quantitative estimate of drug-likeness (QED) is 0.686. The molecule has 0 unspecified atom stereocenters. The zero-order chi connectivity index (χ0) is 12.4. The van der Waals surface area contributed by atoms with Gasteiger partial charge in [0.1, 0.15) is 29.7 Å². The fourth-order valence-electron chi connectivity index (χ4n) is 1.41.